The van der Waals surface area contributed by atoms with Crippen molar-refractivity contribution >= 4 is 0 Å². The number of ether oxygens (including phenoxy) is 1. The van der Waals surface area contributed by atoms with Gasteiger partial charge in [0.2, 0.25) is 0 Å². The molecule has 1 N–H and O–H groups in total. The zero-order valence-corrected chi connectivity index (χ0v) is 12.7. The van der Waals surface area contributed by atoms with Crippen molar-refractivity contribution in [1.29, 1.82) is 0 Å². The molecule has 1 saturated carbocycles. The van der Waals surface area contributed by atoms with E-state index in [2.05, 4.69) is 18.0 Å². The maximum absolute atomic E-state index is 10.5. The molecule has 1 aliphatic carbocycles. The predicted molar refractivity (Wildman–Crippen MR) is 80.7 cm³/mol. The number of methoxy groups -OCH3 is 1. The van der Waals surface area contributed by atoms with E-state index in [9.17, 15) is 5.11 Å². The Labute approximate surface area is 122 Å². The molecule has 3 heteroatoms. The van der Waals surface area contributed by atoms with E-state index in [1.807, 2.05) is 12.3 Å². The fraction of sp³-hybridized carbons (Fsp3) is 0.706. The van der Waals surface area contributed by atoms with E-state index in [-0.39, 0.29) is 6.10 Å². The predicted octanol–water partition coefficient (Wildman–Crippen LogP) is 3.14. The van der Waals surface area contributed by atoms with Gasteiger partial charge in [-0.25, -0.2) is 0 Å². The second-order valence-corrected chi connectivity index (χ2v) is 5.88. The van der Waals surface area contributed by atoms with Crippen LogP contribution in [0.1, 0.15) is 50.3 Å². The lowest BCUT2D eigenvalue weighted by Crippen LogP contribution is -2.37. The van der Waals surface area contributed by atoms with Crippen LogP contribution in [0.15, 0.2) is 18.3 Å². The molecule has 0 amide bonds. The number of aromatic nitrogens is 1. The molecule has 1 fully saturated rings. The maximum Gasteiger partial charge on any atom is 0.0862 e. The van der Waals surface area contributed by atoms with Crippen molar-refractivity contribution in [2.75, 3.05) is 7.11 Å². The molecule has 0 saturated heterocycles. The van der Waals surface area contributed by atoms with Crippen molar-refractivity contribution in [3.63, 3.8) is 0 Å². The first kappa shape index (κ1) is 15.5. The van der Waals surface area contributed by atoms with Crippen LogP contribution in [0.25, 0.3) is 0 Å². The number of hydrogen-bond acceptors (Lipinski definition) is 3. The fourth-order valence-corrected chi connectivity index (χ4v) is 3.24. The molecule has 20 heavy (non-hydrogen) atoms. The second kappa shape index (κ2) is 7.75. The third-order valence-corrected chi connectivity index (χ3v) is 4.48. The van der Waals surface area contributed by atoms with Crippen LogP contribution in [0.5, 0.6) is 0 Å². The molecular weight excluding hydrogens is 250 g/mol. The Hall–Kier alpha value is -0.930. The lowest BCUT2D eigenvalue weighted by atomic mass is 9.82. The zero-order valence-electron chi connectivity index (χ0n) is 12.7. The molecule has 112 valence electrons. The minimum Gasteiger partial charge on any atom is -0.390 e. The van der Waals surface area contributed by atoms with Gasteiger partial charge in [-0.15, -0.1) is 0 Å². The zero-order chi connectivity index (χ0) is 14.4. The Morgan fingerprint density at radius 3 is 2.60 bits per heavy atom. The summed E-state index contributed by atoms with van der Waals surface area (Å²) in [6.07, 6.45) is 9.19. The summed E-state index contributed by atoms with van der Waals surface area (Å²) in [6.45, 7) is 2.12. The number of rotatable bonds is 6. The van der Waals surface area contributed by atoms with Crippen molar-refractivity contribution < 1.29 is 9.84 Å². The van der Waals surface area contributed by atoms with Gasteiger partial charge >= 0.3 is 0 Å². The summed E-state index contributed by atoms with van der Waals surface area (Å²) in [5.74, 6) is 0.499. The monoisotopic (exact) mass is 277 g/mol. The Morgan fingerprint density at radius 2 is 2.05 bits per heavy atom. The number of aliphatic hydroxyl groups excluding tert-OH is 1. The molecule has 1 aromatic rings. The number of aryl methyl sites for hydroxylation is 1. The number of hydrogen-bond donors (Lipinski definition) is 1. The molecule has 0 radical (unpaired) electrons. The van der Waals surface area contributed by atoms with Gasteiger partial charge in [-0.05, 0) is 36.8 Å². The van der Waals surface area contributed by atoms with Crippen molar-refractivity contribution in [1.82, 2.24) is 4.98 Å². The Morgan fingerprint density at radius 1 is 1.30 bits per heavy atom. The summed E-state index contributed by atoms with van der Waals surface area (Å²) in [5.41, 5.74) is 2.19. The molecule has 2 atom stereocenters. The maximum atomic E-state index is 10.5. The van der Waals surface area contributed by atoms with Crippen LogP contribution in [0, 0.1) is 5.92 Å². The SMILES string of the molecule is CCc1ccc(CC(O)C(OC)C2CCCCC2)nc1. The van der Waals surface area contributed by atoms with Crippen LogP contribution in [-0.2, 0) is 17.6 Å². The van der Waals surface area contributed by atoms with Gasteiger partial charge in [0.1, 0.15) is 0 Å². The third-order valence-electron chi connectivity index (χ3n) is 4.48. The summed E-state index contributed by atoms with van der Waals surface area (Å²) in [7, 11) is 1.72. The lowest BCUT2D eigenvalue weighted by Gasteiger charge is -2.32. The highest BCUT2D eigenvalue weighted by atomic mass is 16.5. The van der Waals surface area contributed by atoms with Gasteiger partial charge in [-0.2, -0.15) is 0 Å². The van der Waals surface area contributed by atoms with E-state index < -0.39 is 6.10 Å². The molecule has 2 unspecified atom stereocenters. The van der Waals surface area contributed by atoms with Crippen LogP contribution in [0.4, 0.5) is 0 Å². The van der Waals surface area contributed by atoms with E-state index in [1.165, 1.54) is 37.7 Å². The summed E-state index contributed by atoms with van der Waals surface area (Å²) >= 11 is 0. The van der Waals surface area contributed by atoms with Crippen LogP contribution >= 0.6 is 0 Å². The van der Waals surface area contributed by atoms with Crippen molar-refractivity contribution in [2.45, 2.75) is 64.1 Å². The normalized spacial score (nSPS) is 19.8. The highest BCUT2D eigenvalue weighted by molar-refractivity contribution is 5.14. The molecule has 1 heterocycles. The lowest BCUT2D eigenvalue weighted by molar-refractivity contribution is -0.0538. The van der Waals surface area contributed by atoms with Crippen molar-refractivity contribution in [3.8, 4) is 0 Å². The standard InChI is InChI=1S/C17H27NO2/c1-3-13-9-10-15(18-12-13)11-16(19)17(20-2)14-7-5-4-6-8-14/h9-10,12,14,16-17,19H,3-8,11H2,1-2H3. The first-order valence-corrected chi connectivity index (χ1v) is 7.89. The van der Waals surface area contributed by atoms with Gasteiger partial charge in [0.15, 0.2) is 0 Å². The quantitative estimate of drug-likeness (QED) is 0.868. The largest absolute Gasteiger partial charge is 0.390 e. The van der Waals surface area contributed by atoms with Crippen molar-refractivity contribution in [2.24, 2.45) is 5.92 Å². The summed E-state index contributed by atoms with van der Waals surface area (Å²) in [4.78, 5) is 4.44. The van der Waals surface area contributed by atoms with E-state index >= 15 is 0 Å². The third kappa shape index (κ3) is 4.03. The number of aliphatic hydroxyl groups is 1. The van der Waals surface area contributed by atoms with E-state index in [1.54, 1.807) is 7.11 Å². The smallest absolute Gasteiger partial charge is 0.0862 e. The highest BCUT2D eigenvalue weighted by Gasteiger charge is 2.29. The average Bonchev–Trinajstić information content (AvgIpc) is 2.50. The Bertz CT molecular complexity index is 384. The van der Waals surface area contributed by atoms with Crippen LogP contribution in [-0.4, -0.2) is 29.4 Å². The second-order valence-electron chi connectivity index (χ2n) is 5.88. The molecule has 1 aliphatic rings. The molecule has 0 spiro atoms. The topological polar surface area (TPSA) is 42.4 Å². The molecule has 2 rings (SSSR count). The Balaban J connectivity index is 1.95. The van der Waals surface area contributed by atoms with Crippen LogP contribution in [0.2, 0.25) is 0 Å². The number of pyridine rings is 1. The van der Waals surface area contributed by atoms with Crippen LogP contribution in [0.3, 0.4) is 0 Å². The first-order valence-electron chi connectivity index (χ1n) is 7.89. The van der Waals surface area contributed by atoms with Gasteiger partial charge in [-0.1, -0.05) is 32.3 Å². The minimum absolute atomic E-state index is 0.0528. The van der Waals surface area contributed by atoms with Crippen LogP contribution < -0.4 is 0 Å². The number of nitrogens with zero attached hydrogens (tertiary/aromatic N) is 1. The van der Waals surface area contributed by atoms with E-state index in [4.69, 9.17) is 4.74 Å². The van der Waals surface area contributed by atoms with E-state index in [0.29, 0.717) is 12.3 Å². The molecule has 0 aromatic carbocycles. The highest BCUT2D eigenvalue weighted by Crippen LogP contribution is 2.29. The summed E-state index contributed by atoms with van der Waals surface area (Å²) < 4.78 is 5.59. The van der Waals surface area contributed by atoms with Crippen molar-refractivity contribution in [3.05, 3.63) is 29.6 Å². The van der Waals surface area contributed by atoms with Gasteiger partial charge in [-0.3, -0.25) is 4.98 Å². The van der Waals surface area contributed by atoms with Gasteiger partial charge in [0.25, 0.3) is 0 Å². The van der Waals surface area contributed by atoms with E-state index in [0.717, 1.165) is 12.1 Å². The molecular formula is C17H27NO2. The first-order chi connectivity index (χ1) is 9.74. The molecule has 1 aromatic heterocycles. The average molecular weight is 277 g/mol. The van der Waals surface area contributed by atoms with Gasteiger partial charge in [0.05, 0.1) is 12.2 Å². The molecule has 0 bridgehead atoms. The molecule has 3 nitrogen and oxygen atoms in total. The minimum atomic E-state index is -0.455. The van der Waals surface area contributed by atoms with Gasteiger partial charge in [0, 0.05) is 25.4 Å². The fourth-order valence-electron chi connectivity index (χ4n) is 3.24. The molecule has 0 aliphatic heterocycles. The van der Waals surface area contributed by atoms with Gasteiger partial charge < -0.3 is 9.84 Å². The summed E-state index contributed by atoms with van der Waals surface area (Å²) in [5, 5.41) is 10.5. The Kier molecular flexibility index (Phi) is 5.99. The summed E-state index contributed by atoms with van der Waals surface area (Å²) in [6, 6.07) is 4.12.